The summed E-state index contributed by atoms with van der Waals surface area (Å²) >= 11 is 0. The predicted octanol–water partition coefficient (Wildman–Crippen LogP) is 3.11. The van der Waals surface area contributed by atoms with Gasteiger partial charge >= 0.3 is 11.9 Å². The number of nitrogens with zero attached hydrogens (tertiary/aromatic N) is 3. The van der Waals surface area contributed by atoms with Gasteiger partial charge in [0.1, 0.15) is 0 Å². The van der Waals surface area contributed by atoms with Crippen LogP contribution in [0, 0.1) is 6.92 Å². The van der Waals surface area contributed by atoms with E-state index in [1.165, 1.54) is 76.7 Å². The van der Waals surface area contributed by atoms with E-state index in [2.05, 4.69) is 22.6 Å². The van der Waals surface area contributed by atoms with E-state index in [0.717, 1.165) is 18.9 Å². The summed E-state index contributed by atoms with van der Waals surface area (Å²) in [5.74, 6) is -2.82. The Bertz CT molecular complexity index is 607. The lowest BCUT2D eigenvalue weighted by atomic mass is 9.95. The molecule has 2 heterocycles. The Balaban J connectivity index is 0.000000409. The maximum atomic E-state index is 9.10. The van der Waals surface area contributed by atoms with Gasteiger partial charge in [-0.1, -0.05) is 19.3 Å². The lowest BCUT2D eigenvalue weighted by Gasteiger charge is -2.23. The number of carboxylic acid groups (broad SMARTS) is 2. The first-order valence-electron chi connectivity index (χ1n) is 10.3. The number of hydrogen-bond acceptors (Lipinski definition) is 5. The second kappa shape index (κ2) is 11.7. The second-order valence-electron chi connectivity index (χ2n) is 7.57. The van der Waals surface area contributed by atoms with Crippen molar-refractivity contribution in [2.45, 2.75) is 70.8 Å². The van der Waals surface area contributed by atoms with Crippen LogP contribution < -0.4 is 4.74 Å². The largest absolute Gasteiger partial charge is 0.477 e. The predicted molar refractivity (Wildman–Crippen MR) is 105 cm³/mol. The minimum Gasteiger partial charge on any atom is -0.477 e. The Labute approximate surface area is 166 Å². The summed E-state index contributed by atoms with van der Waals surface area (Å²) < 4.78 is 8.08. The van der Waals surface area contributed by atoms with E-state index in [4.69, 9.17) is 29.6 Å². The Kier molecular flexibility index (Phi) is 9.27. The van der Waals surface area contributed by atoms with E-state index in [1.54, 1.807) is 0 Å². The molecule has 1 saturated heterocycles. The van der Waals surface area contributed by atoms with Gasteiger partial charge < -0.3 is 19.8 Å². The zero-order valence-corrected chi connectivity index (χ0v) is 16.8. The molecular weight excluding hydrogens is 362 g/mol. The average molecular weight is 396 g/mol. The molecule has 28 heavy (non-hydrogen) atoms. The number of hydrogen-bond donors (Lipinski definition) is 2. The summed E-state index contributed by atoms with van der Waals surface area (Å²) in [6, 6.07) is 2.70. The topological polar surface area (TPSA) is 105 Å². The number of rotatable bonds is 7. The van der Waals surface area contributed by atoms with Gasteiger partial charge in [0, 0.05) is 11.8 Å². The fourth-order valence-electron chi connectivity index (χ4n) is 3.84. The van der Waals surface area contributed by atoms with Crippen molar-refractivity contribution in [3.8, 4) is 5.88 Å². The molecule has 1 aliphatic heterocycles. The van der Waals surface area contributed by atoms with Crippen LogP contribution in [0.1, 0.15) is 69.5 Å². The monoisotopic (exact) mass is 395 g/mol. The van der Waals surface area contributed by atoms with Crippen molar-refractivity contribution in [1.29, 1.82) is 0 Å². The summed E-state index contributed by atoms with van der Waals surface area (Å²) in [5, 5.41) is 19.5. The molecule has 1 saturated carbocycles. The molecule has 0 spiro atoms. The summed E-state index contributed by atoms with van der Waals surface area (Å²) in [6.45, 7) is 6.79. The number of aromatic nitrogens is 2. The molecule has 3 rings (SSSR count). The molecule has 0 bridgehead atoms. The molecule has 2 fully saturated rings. The van der Waals surface area contributed by atoms with Crippen molar-refractivity contribution in [3.05, 3.63) is 11.8 Å². The van der Waals surface area contributed by atoms with E-state index in [-0.39, 0.29) is 0 Å². The maximum Gasteiger partial charge on any atom is 0.414 e. The number of ether oxygens (including phenoxy) is 1. The number of carboxylic acids is 2. The molecule has 0 unspecified atom stereocenters. The molecule has 2 aliphatic rings. The van der Waals surface area contributed by atoms with Crippen LogP contribution in [0.3, 0.4) is 0 Å². The fourth-order valence-corrected chi connectivity index (χ4v) is 3.84. The van der Waals surface area contributed by atoms with Crippen molar-refractivity contribution >= 4 is 11.9 Å². The quantitative estimate of drug-likeness (QED) is 0.540. The highest BCUT2D eigenvalue weighted by atomic mass is 16.5. The SMILES string of the molecule is Cc1cc(OCCCCN2CCCC2)nn1C1CCCCC1.O=C(O)C(=O)O. The molecule has 1 aromatic heterocycles. The Morgan fingerprint density at radius 1 is 1.07 bits per heavy atom. The molecular formula is C20H33N3O5. The normalized spacial score (nSPS) is 17.8. The minimum absolute atomic E-state index is 0.598. The van der Waals surface area contributed by atoms with Gasteiger partial charge in [0.15, 0.2) is 0 Å². The maximum absolute atomic E-state index is 9.10. The highest BCUT2D eigenvalue weighted by Gasteiger charge is 2.18. The fraction of sp³-hybridized carbons (Fsp3) is 0.750. The van der Waals surface area contributed by atoms with Gasteiger partial charge in [0.25, 0.3) is 0 Å². The van der Waals surface area contributed by atoms with Crippen LogP contribution in [-0.4, -0.2) is 63.1 Å². The number of unbranched alkanes of at least 4 members (excludes halogenated alkanes) is 1. The third kappa shape index (κ3) is 7.50. The molecule has 1 aromatic rings. The van der Waals surface area contributed by atoms with Crippen molar-refractivity contribution in [2.75, 3.05) is 26.2 Å². The lowest BCUT2D eigenvalue weighted by molar-refractivity contribution is -0.159. The number of aliphatic carboxylic acids is 2. The van der Waals surface area contributed by atoms with E-state index in [9.17, 15) is 0 Å². The van der Waals surface area contributed by atoms with Gasteiger partial charge in [-0.3, -0.25) is 4.68 Å². The smallest absolute Gasteiger partial charge is 0.414 e. The van der Waals surface area contributed by atoms with Gasteiger partial charge in [0.05, 0.1) is 12.6 Å². The van der Waals surface area contributed by atoms with Crippen LogP contribution in [0.2, 0.25) is 0 Å². The molecule has 8 nitrogen and oxygen atoms in total. The molecule has 0 atom stereocenters. The minimum atomic E-state index is -1.82. The van der Waals surface area contributed by atoms with Gasteiger partial charge in [0.2, 0.25) is 5.88 Å². The summed E-state index contributed by atoms with van der Waals surface area (Å²) in [7, 11) is 0. The molecule has 0 amide bonds. The number of likely N-dealkylation sites (tertiary alicyclic amines) is 1. The average Bonchev–Trinajstić information content (AvgIpc) is 3.32. The van der Waals surface area contributed by atoms with E-state index in [0.29, 0.717) is 6.04 Å². The van der Waals surface area contributed by atoms with Gasteiger partial charge in [-0.15, -0.1) is 5.10 Å². The van der Waals surface area contributed by atoms with Crippen molar-refractivity contribution in [1.82, 2.24) is 14.7 Å². The highest BCUT2D eigenvalue weighted by Crippen LogP contribution is 2.29. The highest BCUT2D eigenvalue weighted by molar-refractivity contribution is 6.27. The zero-order chi connectivity index (χ0) is 20.4. The van der Waals surface area contributed by atoms with Crippen LogP contribution in [0.25, 0.3) is 0 Å². The van der Waals surface area contributed by atoms with Crippen LogP contribution in [0.5, 0.6) is 5.88 Å². The van der Waals surface area contributed by atoms with Gasteiger partial charge in [-0.05, 0) is 65.1 Å². The third-order valence-electron chi connectivity index (χ3n) is 5.32. The molecule has 1 aliphatic carbocycles. The van der Waals surface area contributed by atoms with Crippen LogP contribution in [-0.2, 0) is 9.59 Å². The number of carbonyl (C=O) groups is 2. The molecule has 158 valence electrons. The molecule has 0 aromatic carbocycles. The standard InChI is InChI=1S/C18H31N3O.C2H2O4/c1-16-15-18(19-21(16)17-9-3-2-4-10-17)22-14-8-7-13-20-11-5-6-12-20;3-1(4)2(5)6/h15,17H,2-14H2,1H3;(H,3,4)(H,5,6). The zero-order valence-electron chi connectivity index (χ0n) is 16.8. The first kappa shape index (κ1) is 22.2. The van der Waals surface area contributed by atoms with Crippen LogP contribution in [0.15, 0.2) is 6.07 Å². The lowest BCUT2D eigenvalue weighted by Crippen LogP contribution is -2.20. The van der Waals surface area contributed by atoms with Gasteiger partial charge in [-0.2, -0.15) is 0 Å². The second-order valence-corrected chi connectivity index (χ2v) is 7.57. The van der Waals surface area contributed by atoms with Crippen molar-refractivity contribution in [2.24, 2.45) is 0 Å². The van der Waals surface area contributed by atoms with E-state index < -0.39 is 11.9 Å². The summed E-state index contributed by atoms with van der Waals surface area (Å²) in [6.07, 6.45) is 11.8. The van der Waals surface area contributed by atoms with E-state index >= 15 is 0 Å². The Morgan fingerprint density at radius 2 is 1.71 bits per heavy atom. The Morgan fingerprint density at radius 3 is 2.32 bits per heavy atom. The molecule has 0 radical (unpaired) electrons. The first-order valence-corrected chi connectivity index (χ1v) is 10.3. The first-order chi connectivity index (χ1) is 13.5. The van der Waals surface area contributed by atoms with Crippen molar-refractivity contribution in [3.63, 3.8) is 0 Å². The van der Waals surface area contributed by atoms with Crippen molar-refractivity contribution < 1.29 is 24.5 Å². The Hall–Kier alpha value is -2.09. The van der Waals surface area contributed by atoms with Gasteiger partial charge in [-0.25, -0.2) is 9.59 Å². The summed E-state index contributed by atoms with van der Waals surface area (Å²) in [5.41, 5.74) is 1.25. The molecule has 8 heteroatoms. The third-order valence-corrected chi connectivity index (χ3v) is 5.32. The van der Waals surface area contributed by atoms with Crippen LogP contribution in [0.4, 0.5) is 0 Å². The molecule has 2 N–H and O–H groups in total. The van der Waals surface area contributed by atoms with Crippen LogP contribution >= 0.6 is 0 Å². The number of aryl methyl sites for hydroxylation is 1. The summed E-state index contributed by atoms with van der Waals surface area (Å²) in [4.78, 5) is 20.8. The van der Waals surface area contributed by atoms with E-state index in [1.807, 2.05) is 0 Å².